The number of benzene rings is 5. The Bertz CT molecular complexity index is 2530. The van der Waals surface area contributed by atoms with Gasteiger partial charge in [0.1, 0.15) is 42.1 Å². The molecule has 1 aromatic heterocycles. The molecular formula is C49H44N6O7S2. The fraction of sp³-hybridized carbons (Fsp3) is 0.184. The lowest BCUT2D eigenvalue weighted by Gasteiger charge is -2.49. The fourth-order valence-corrected chi connectivity index (χ4v) is 9.77. The minimum absolute atomic E-state index is 0.0394. The maximum Gasteiger partial charge on any atom is 0.409 e. The minimum atomic E-state index is -1.05. The Morgan fingerprint density at radius 2 is 1.33 bits per heavy atom. The van der Waals surface area contributed by atoms with Crippen LogP contribution in [0.15, 0.2) is 173 Å². The number of hydrogen-bond donors (Lipinski definition) is 2. The number of esters is 1. The molecule has 0 saturated carbocycles. The number of ether oxygens (including phenoxy) is 2. The third-order valence-electron chi connectivity index (χ3n) is 10.8. The highest BCUT2D eigenvalue weighted by Crippen LogP contribution is 2.43. The van der Waals surface area contributed by atoms with E-state index in [0.29, 0.717) is 10.7 Å². The summed E-state index contributed by atoms with van der Waals surface area (Å²) in [6.45, 7) is -0.256. The molecule has 0 aliphatic carbocycles. The van der Waals surface area contributed by atoms with E-state index in [9.17, 15) is 19.2 Å². The number of nitrogens with one attached hydrogen (secondary N) is 2. The molecule has 2 aliphatic heterocycles. The first-order chi connectivity index (χ1) is 31.2. The molecule has 6 aromatic rings. The first-order valence-corrected chi connectivity index (χ1v) is 22.3. The molecule has 64 heavy (non-hydrogen) atoms. The minimum Gasteiger partial charge on any atom is -0.448 e. The molecule has 3 amide bonds. The number of β-lactam (4-membered cyclic amide) rings is 1. The summed E-state index contributed by atoms with van der Waals surface area (Å²) in [6.07, 6.45) is -1.42. The van der Waals surface area contributed by atoms with Gasteiger partial charge in [0.05, 0.1) is 0 Å². The summed E-state index contributed by atoms with van der Waals surface area (Å²) in [6, 6.07) is 47.6. The van der Waals surface area contributed by atoms with Gasteiger partial charge in [-0.2, -0.15) is 0 Å². The third-order valence-corrected chi connectivity index (χ3v) is 12.8. The van der Waals surface area contributed by atoms with E-state index in [1.54, 1.807) is 19.5 Å². The molecule has 8 rings (SSSR count). The lowest BCUT2D eigenvalue weighted by molar-refractivity contribution is -0.154. The van der Waals surface area contributed by atoms with Gasteiger partial charge in [-0.3, -0.25) is 14.5 Å². The van der Waals surface area contributed by atoms with E-state index in [2.05, 4.69) is 52.2 Å². The number of anilines is 1. The number of amides is 3. The summed E-state index contributed by atoms with van der Waals surface area (Å²) in [5.74, 6) is -1.83. The molecule has 1 fully saturated rings. The van der Waals surface area contributed by atoms with Crippen LogP contribution in [0.25, 0.3) is 0 Å². The number of fused-ring (bicyclic) bond motifs is 1. The monoisotopic (exact) mass is 892 g/mol. The summed E-state index contributed by atoms with van der Waals surface area (Å²) in [5, 5.41) is 12.1. The van der Waals surface area contributed by atoms with Crippen molar-refractivity contribution in [2.24, 2.45) is 5.16 Å². The standard InChI is InChI=1S/C49H44N6O7S2/c1-54(2)48(59)61-29-34-30-63-45-40(44(57)55(45)41(34)46(58)62-42(32-19-9-4-10-20-32)33-21-11-5-12-22-33)51-43(56)39(53-60-3)38-31-64-47(50-38)52-49(35-23-13-6-14-24-35,36-25-15-7-16-26-36)37-27-17-8-18-28-37/h4-28,31,40,42,45H,29-30H2,1-3H3,(H,50,52)(H,51,56)/t40?,45-/m1/s1. The van der Waals surface area contributed by atoms with Crippen LogP contribution in [0.4, 0.5) is 9.93 Å². The average Bonchev–Trinajstić information content (AvgIpc) is 3.81. The van der Waals surface area contributed by atoms with Crippen molar-refractivity contribution in [2.75, 3.05) is 38.9 Å². The zero-order valence-corrected chi connectivity index (χ0v) is 36.8. The molecule has 15 heteroatoms. The predicted molar refractivity (Wildman–Crippen MR) is 246 cm³/mol. The van der Waals surface area contributed by atoms with Crippen LogP contribution in [0, 0.1) is 0 Å². The van der Waals surface area contributed by atoms with Gasteiger partial charge in [0, 0.05) is 30.8 Å². The molecule has 1 saturated heterocycles. The lowest BCUT2D eigenvalue weighted by Crippen LogP contribution is -2.71. The Labute approximate surface area is 378 Å². The van der Waals surface area contributed by atoms with Crippen LogP contribution in [0.2, 0.25) is 0 Å². The van der Waals surface area contributed by atoms with Crippen molar-refractivity contribution in [3.8, 4) is 0 Å². The smallest absolute Gasteiger partial charge is 0.409 e. The number of carbonyl (C=O) groups excluding carboxylic acids is 4. The molecule has 2 aliphatic rings. The van der Waals surface area contributed by atoms with Gasteiger partial charge in [-0.1, -0.05) is 157 Å². The number of nitrogens with zero attached hydrogens (tertiary/aromatic N) is 4. The molecule has 5 aromatic carbocycles. The van der Waals surface area contributed by atoms with Crippen LogP contribution in [0.5, 0.6) is 0 Å². The second-order valence-corrected chi connectivity index (χ2v) is 17.0. The Kier molecular flexibility index (Phi) is 13.2. The van der Waals surface area contributed by atoms with Gasteiger partial charge < -0.3 is 29.8 Å². The van der Waals surface area contributed by atoms with Crippen molar-refractivity contribution in [3.05, 3.63) is 202 Å². The normalized spacial score (nSPS) is 16.0. The predicted octanol–water partition coefficient (Wildman–Crippen LogP) is 7.58. The number of rotatable bonds is 15. The van der Waals surface area contributed by atoms with Crippen molar-refractivity contribution >= 4 is 57.8 Å². The third kappa shape index (κ3) is 8.85. The van der Waals surface area contributed by atoms with E-state index in [0.717, 1.165) is 27.8 Å². The Balaban J connectivity index is 1.06. The van der Waals surface area contributed by atoms with Gasteiger partial charge in [0.15, 0.2) is 16.9 Å². The lowest BCUT2D eigenvalue weighted by atomic mass is 9.77. The average molecular weight is 893 g/mol. The number of thioether (sulfide) groups is 1. The number of aromatic nitrogens is 1. The van der Waals surface area contributed by atoms with E-state index in [1.165, 1.54) is 40.0 Å². The number of carbonyl (C=O) groups is 4. The first kappa shape index (κ1) is 43.4. The van der Waals surface area contributed by atoms with Crippen molar-refractivity contribution in [1.82, 2.24) is 20.1 Å². The Morgan fingerprint density at radius 1 is 0.812 bits per heavy atom. The van der Waals surface area contributed by atoms with Crippen LogP contribution in [0.1, 0.15) is 39.6 Å². The van der Waals surface area contributed by atoms with Crippen molar-refractivity contribution in [1.29, 1.82) is 0 Å². The zero-order valence-electron chi connectivity index (χ0n) is 35.1. The quantitative estimate of drug-likeness (QED) is 0.0347. The summed E-state index contributed by atoms with van der Waals surface area (Å²) >= 11 is 2.61. The molecule has 3 heterocycles. The highest BCUT2D eigenvalue weighted by Gasteiger charge is 2.55. The summed E-state index contributed by atoms with van der Waals surface area (Å²) in [4.78, 5) is 67.8. The first-order valence-electron chi connectivity index (χ1n) is 20.3. The van der Waals surface area contributed by atoms with E-state index >= 15 is 0 Å². The highest BCUT2D eigenvalue weighted by molar-refractivity contribution is 8.00. The van der Waals surface area contributed by atoms with Gasteiger partial charge in [-0.15, -0.1) is 23.1 Å². The topological polar surface area (TPSA) is 152 Å². The summed E-state index contributed by atoms with van der Waals surface area (Å²) in [5.41, 5.74) is 3.90. The van der Waals surface area contributed by atoms with Crippen LogP contribution < -0.4 is 10.6 Å². The molecule has 2 N–H and O–H groups in total. The van der Waals surface area contributed by atoms with Crippen LogP contribution in [-0.2, 0) is 34.2 Å². The van der Waals surface area contributed by atoms with Gasteiger partial charge in [0.2, 0.25) is 0 Å². The molecule has 1 unspecified atom stereocenters. The van der Waals surface area contributed by atoms with Gasteiger partial charge >= 0.3 is 12.1 Å². The van der Waals surface area contributed by atoms with Gasteiger partial charge in [0.25, 0.3) is 11.8 Å². The van der Waals surface area contributed by atoms with Crippen molar-refractivity contribution in [2.45, 2.75) is 23.1 Å². The van der Waals surface area contributed by atoms with Crippen LogP contribution in [-0.4, -0.2) is 89.4 Å². The molecule has 324 valence electrons. The van der Waals surface area contributed by atoms with E-state index < -0.39 is 46.9 Å². The largest absolute Gasteiger partial charge is 0.448 e. The Hall–Kier alpha value is -7.23. The van der Waals surface area contributed by atoms with E-state index in [-0.39, 0.29) is 29.5 Å². The van der Waals surface area contributed by atoms with Crippen LogP contribution >= 0.6 is 23.1 Å². The Morgan fingerprint density at radius 3 is 1.83 bits per heavy atom. The zero-order chi connectivity index (χ0) is 44.6. The van der Waals surface area contributed by atoms with Crippen LogP contribution in [0.3, 0.4) is 0 Å². The SMILES string of the molecule is CON=C(C(=O)NC1C(=O)N2C(C(=O)OC(c3ccccc3)c3ccccc3)=C(COC(=O)N(C)C)CS[C@H]12)c1csc(NC(c2ccccc2)(c2ccccc2)c2ccccc2)n1. The van der Waals surface area contributed by atoms with E-state index in [4.69, 9.17) is 19.3 Å². The summed E-state index contributed by atoms with van der Waals surface area (Å²) in [7, 11) is 4.42. The molecule has 2 atom stereocenters. The number of thiazole rings is 1. The summed E-state index contributed by atoms with van der Waals surface area (Å²) < 4.78 is 11.7. The maximum absolute atomic E-state index is 14.4. The molecular weight excluding hydrogens is 849 g/mol. The molecule has 13 nitrogen and oxygen atoms in total. The number of hydrogen-bond acceptors (Lipinski definition) is 12. The second-order valence-electron chi connectivity index (χ2n) is 15.0. The van der Waals surface area contributed by atoms with Crippen molar-refractivity contribution < 1.29 is 33.5 Å². The number of oxime groups is 1. The fourth-order valence-electron chi connectivity index (χ4n) is 7.69. The van der Waals surface area contributed by atoms with Gasteiger partial charge in [-0.25, -0.2) is 14.6 Å². The molecule has 0 spiro atoms. The molecule has 0 bridgehead atoms. The van der Waals surface area contributed by atoms with Gasteiger partial charge in [-0.05, 0) is 27.8 Å². The maximum atomic E-state index is 14.4. The highest BCUT2D eigenvalue weighted by atomic mass is 32.2. The molecule has 0 radical (unpaired) electrons. The van der Waals surface area contributed by atoms with E-state index in [1.807, 2.05) is 115 Å². The second kappa shape index (κ2) is 19.4. The van der Waals surface area contributed by atoms with Crippen molar-refractivity contribution in [3.63, 3.8) is 0 Å².